The van der Waals surface area contributed by atoms with E-state index in [1.165, 1.54) is 50.8 Å². The molecule has 0 bridgehead atoms. The van der Waals surface area contributed by atoms with E-state index in [-0.39, 0.29) is 22.0 Å². The van der Waals surface area contributed by atoms with Gasteiger partial charge in [0, 0.05) is 23.4 Å². The third-order valence-corrected chi connectivity index (χ3v) is 5.85. The van der Waals surface area contributed by atoms with Crippen LogP contribution >= 0.6 is 0 Å². The quantitative estimate of drug-likeness (QED) is 0.243. The highest BCUT2D eigenvalue weighted by molar-refractivity contribution is 7.92. The summed E-state index contributed by atoms with van der Waals surface area (Å²) >= 11 is 0. The number of hydrogen-bond donors (Lipinski definition) is 3. The molecule has 0 saturated carbocycles. The topological polar surface area (TPSA) is 152 Å². The Labute approximate surface area is 189 Å². The fourth-order valence-electron chi connectivity index (χ4n) is 2.74. The van der Waals surface area contributed by atoms with Crippen LogP contribution in [0.4, 0.5) is 17.1 Å². The number of sulfonamides is 1. The number of benzene rings is 3. The molecule has 0 unspecified atom stereocenters. The van der Waals surface area contributed by atoms with Crippen molar-refractivity contribution in [3.05, 3.63) is 76.3 Å². The molecule has 11 nitrogen and oxygen atoms in total. The summed E-state index contributed by atoms with van der Waals surface area (Å²) in [6, 6.07) is 13.9. The van der Waals surface area contributed by atoms with Crippen molar-refractivity contribution in [3.8, 4) is 17.2 Å². The van der Waals surface area contributed by atoms with Gasteiger partial charge in [0.1, 0.15) is 22.1 Å². The number of nitro benzene ring substituents is 1. The first-order valence-corrected chi connectivity index (χ1v) is 10.8. The first-order chi connectivity index (χ1) is 15.7. The molecule has 0 heterocycles. The summed E-state index contributed by atoms with van der Waals surface area (Å²) in [7, 11) is -1.29. The molecule has 0 amide bonds. The second-order valence-electron chi connectivity index (χ2n) is 6.57. The lowest BCUT2D eigenvalue weighted by atomic mass is 10.2. The molecule has 0 aliphatic carbocycles. The fourth-order valence-corrected chi connectivity index (χ4v) is 3.98. The molecule has 3 N–H and O–H groups in total. The zero-order chi connectivity index (χ0) is 24.0. The molecule has 12 heteroatoms. The predicted molar refractivity (Wildman–Crippen MR) is 123 cm³/mol. The van der Waals surface area contributed by atoms with E-state index in [4.69, 9.17) is 9.47 Å². The molecule has 0 aromatic heterocycles. The number of hydrazone groups is 1. The van der Waals surface area contributed by atoms with Crippen LogP contribution in [0.5, 0.6) is 17.2 Å². The number of rotatable bonds is 9. The first-order valence-electron chi connectivity index (χ1n) is 9.35. The average Bonchev–Trinajstić information content (AvgIpc) is 2.80. The Morgan fingerprint density at radius 3 is 2.30 bits per heavy atom. The SMILES string of the molecule is COc1ccc(NS(=O)(=O)c2cc([N+](=O)[O-])ccc2N/N=C/c2cc(OC)ccc2O)cc1. The fraction of sp³-hybridized carbons (Fsp3) is 0.0952. The smallest absolute Gasteiger partial charge is 0.270 e. The number of nitrogens with one attached hydrogen (secondary N) is 2. The number of aromatic hydroxyl groups is 1. The Bertz CT molecular complexity index is 1290. The van der Waals surface area contributed by atoms with Crippen LogP contribution in [0.1, 0.15) is 5.56 Å². The van der Waals surface area contributed by atoms with Crippen LogP contribution in [0.3, 0.4) is 0 Å². The lowest BCUT2D eigenvalue weighted by Gasteiger charge is -2.12. The van der Waals surface area contributed by atoms with Gasteiger partial charge < -0.3 is 14.6 Å². The van der Waals surface area contributed by atoms with E-state index in [0.717, 1.165) is 12.1 Å². The normalized spacial score (nSPS) is 11.2. The van der Waals surface area contributed by atoms with Gasteiger partial charge in [-0.25, -0.2) is 8.42 Å². The van der Waals surface area contributed by atoms with Crippen molar-refractivity contribution in [2.24, 2.45) is 5.10 Å². The van der Waals surface area contributed by atoms with E-state index >= 15 is 0 Å². The molecule has 3 aromatic carbocycles. The van der Waals surface area contributed by atoms with Crippen molar-refractivity contribution in [1.29, 1.82) is 0 Å². The highest BCUT2D eigenvalue weighted by Gasteiger charge is 2.23. The minimum atomic E-state index is -4.23. The summed E-state index contributed by atoms with van der Waals surface area (Å²) in [6.45, 7) is 0. The Hall–Kier alpha value is -4.32. The molecule has 172 valence electrons. The molecule has 0 atom stereocenters. The largest absolute Gasteiger partial charge is 0.507 e. The number of non-ortho nitro benzene ring substituents is 1. The standard InChI is InChI=1S/C21H20N4O7S/c1-31-17-6-3-15(4-7-17)24-33(29,30)21-12-16(25(27)28)5-9-19(21)23-22-13-14-11-18(32-2)8-10-20(14)26/h3-13,23-24,26H,1-2H3/b22-13+. The third-order valence-electron chi connectivity index (χ3n) is 4.43. The average molecular weight is 472 g/mol. The van der Waals surface area contributed by atoms with E-state index in [1.807, 2.05) is 0 Å². The molecule has 0 fully saturated rings. The summed E-state index contributed by atoms with van der Waals surface area (Å²) < 4.78 is 38.5. The van der Waals surface area contributed by atoms with Crippen molar-refractivity contribution < 1.29 is 27.9 Å². The summed E-state index contributed by atoms with van der Waals surface area (Å²) in [4.78, 5) is 10.1. The van der Waals surface area contributed by atoms with Gasteiger partial charge in [0.25, 0.3) is 15.7 Å². The van der Waals surface area contributed by atoms with Gasteiger partial charge in [-0.05, 0) is 48.5 Å². The second kappa shape index (κ2) is 9.87. The van der Waals surface area contributed by atoms with Crippen LogP contribution < -0.4 is 19.6 Å². The second-order valence-corrected chi connectivity index (χ2v) is 8.22. The summed E-state index contributed by atoms with van der Waals surface area (Å²) in [5, 5.41) is 25.1. The molecule has 3 rings (SSSR count). The number of nitrogens with zero attached hydrogens (tertiary/aromatic N) is 2. The molecule has 0 aliphatic heterocycles. The summed E-state index contributed by atoms with van der Waals surface area (Å²) in [5.74, 6) is 0.946. The number of phenols is 1. The molecule has 0 saturated heterocycles. The van der Waals surface area contributed by atoms with Gasteiger partial charge in [-0.15, -0.1) is 0 Å². The van der Waals surface area contributed by atoms with E-state index in [2.05, 4.69) is 15.2 Å². The molecular weight excluding hydrogens is 452 g/mol. The van der Waals surface area contributed by atoms with Gasteiger partial charge in [-0.1, -0.05) is 0 Å². The van der Waals surface area contributed by atoms with Crippen LogP contribution in [-0.4, -0.2) is 38.9 Å². The van der Waals surface area contributed by atoms with Crippen molar-refractivity contribution in [2.45, 2.75) is 4.90 Å². The number of anilines is 2. The van der Waals surface area contributed by atoms with Gasteiger partial charge in [0.2, 0.25) is 0 Å². The minimum Gasteiger partial charge on any atom is -0.507 e. The van der Waals surface area contributed by atoms with Crippen molar-refractivity contribution in [1.82, 2.24) is 0 Å². The zero-order valence-electron chi connectivity index (χ0n) is 17.6. The van der Waals surface area contributed by atoms with Crippen molar-refractivity contribution in [2.75, 3.05) is 24.4 Å². The van der Waals surface area contributed by atoms with Crippen LogP contribution in [0.15, 0.2) is 70.7 Å². The van der Waals surface area contributed by atoms with E-state index in [9.17, 15) is 23.6 Å². The lowest BCUT2D eigenvalue weighted by molar-refractivity contribution is -0.385. The zero-order valence-corrected chi connectivity index (χ0v) is 18.4. The molecule has 0 radical (unpaired) electrons. The molecule has 0 spiro atoms. The molecular formula is C21H20N4O7S. The molecule has 0 aliphatic rings. The van der Waals surface area contributed by atoms with Gasteiger partial charge in [-0.3, -0.25) is 20.3 Å². The Kier molecular flexibility index (Phi) is 6.98. The molecule has 3 aromatic rings. The Balaban J connectivity index is 1.93. The first kappa shape index (κ1) is 23.3. The lowest BCUT2D eigenvalue weighted by Crippen LogP contribution is -2.15. The number of hydrogen-bond acceptors (Lipinski definition) is 9. The summed E-state index contributed by atoms with van der Waals surface area (Å²) in [5.41, 5.74) is 2.68. The Morgan fingerprint density at radius 2 is 1.67 bits per heavy atom. The predicted octanol–water partition coefficient (Wildman–Crippen LogP) is 3.56. The third kappa shape index (κ3) is 5.68. The number of nitro groups is 1. The van der Waals surface area contributed by atoms with Gasteiger partial charge >= 0.3 is 0 Å². The van der Waals surface area contributed by atoms with Gasteiger partial charge in [-0.2, -0.15) is 5.10 Å². The highest BCUT2D eigenvalue weighted by atomic mass is 32.2. The van der Waals surface area contributed by atoms with E-state index in [0.29, 0.717) is 17.1 Å². The van der Waals surface area contributed by atoms with E-state index < -0.39 is 20.6 Å². The van der Waals surface area contributed by atoms with E-state index in [1.54, 1.807) is 18.2 Å². The van der Waals surface area contributed by atoms with Gasteiger partial charge in [0.15, 0.2) is 0 Å². The van der Waals surface area contributed by atoms with Crippen LogP contribution in [0, 0.1) is 10.1 Å². The van der Waals surface area contributed by atoms with Crippen LogP contribution in [-0.2, 0) is 10.0 Å². The monoisotopic (exact) mass is 472 g/mol. The minimum absolute atomic E-state index is 0.0137. The number of ether oxygens (including phenoxy) is 2. The van der Waals surface area contributed by atoms with Crippen LogP contribution in [0.25, 0.3) is 0 Å². The van der Waals surface area contributed by atoms with Crippen molar-refractivity contribution >= 4 is 33.3 Å². The number of phenolic OH excluding ortho intramolecular Hbond substituents is 1. The molecule has 33 heavy (non-hydrogen) atoms. The summed E-state index contributed by atoms with van der Waals surface area (Å²) in [6.07, 6.45) is 1.26. The number of methoxy groups -OCH3 is 2. The maximum atomic E-state index is 13.0. The maximum absolute atomic E-state index is 13.0. The maximum Gasteiger partial charge on any atom is 0.270 e. The van der Waals surface area contributed by atoms with Crippen molar-refractivity contribution in [3.63, 3.8) is 0 Å². The van der Waals surface area contributed by atoms with Crippen LogP contribution in [0.2, 0.25) is 0 Å². The highest BCUT2D eigenvalue weighted by Crippen LogP contribution is 2.29. The van der Waals surface area contributed by atoms with Gasteiger partial charge in [0.05, 0.1) is 31.0 Å². The Morgan fingerprint density at radius 1 is 1.00 bits per heavy atom.